The van der Waals surface area contributed by atoms with Crippen LogP contribution in [0.25, 0.3) is 0 Å². The number of cyclic esters (lactones) is 1. The van der Waals surface area contributed by atoms with Crippen LogP contribution in [0.1, 0.15) is 11.1 Å². The van der Waals surface area contributed by atoms with E-state index in [-0.39, 0.29) is 17.9 Å². The van der Waals surface area contributed by atoms with Crippen molar-refractivity contribution in [3.63, 3.8) is 0 Å². The van der Waals surface area contributed by atoms with Crippen LogP contribution in [-0.4, -0.2) is 30.3 Å². The number of hydroxylamine groups is 2. The number of hydrogen-bond donors (Lipinski definition) is 0. The van der Waals surface area contributed by atoms with Crippen LogP contribution in [0.5, 0.6) is 0 Å². The fourth-order valence-electron chi connectivity index (χ4n) is 2.34. The lowest BCUT2D eigenvalue weighted by Gasteiger charge is -2.18. The number of nitrogens with zero attached hydrogens (tertiary/aromatic N) is 1. The highest BCUT2D eigenvalue weighted by Gasteiger charge is 2.47. The summed E-state index contributed by atoms with van der Waals surface area (Å²) in [7, 11) is 0. The van der Waals surface area contributed by atoms with Crippen LogP contribution >= 0.6 is 0 Å². The third-order valence-corrected chi connectivity index (χ3v) is 3.35. The second-order valence-electron chi connectivity index (χ2n) is 4.69. The van der Waals surface area contributed by atoms with Crippen molar-refractivity contribution in [3.8, 4) is 0 Å². The Morgan fingerprint density at radius 3 is 2.82 bits per heavy atom. The van der Waals surface area contributed by atoms with E-state index in [9.17, 15) is 4.79 Å². The van der Waals surface area contributed by atoms with Crippen molar-refractivity contribution >= 4 is 5.97 Å². The second kappa shape index (κ2) is 4.13. The van der Waals surface area contributed by atoms with Crippen LogP contribution in [0.3, 0.4) is 0 Å². The number of rotatable bonds is 2. The van der Waals surface area contributed by atoms with Gasteiger partial charge in [0.15, 0.2) is 0 Å². The zero-order valence-electron chi connectivity index (χ0n) is 9.76. The predicted molar refractivity (Wildman–Crippen MR) is 60.9 cm³/mol. The lowest BCUT2D eigenvalue weighted by Crippen LogP contribution is -2.34. The first-order chi connectivity index (χ1) is 8.24. The molecule has 0 N–H and O–H groups in total. The van der Waals surface area contributed by atoms with Crippen LogP contribution in [0.2, 0.25) is 0 Å². The van der Waals surface area contributed by atoms with E-state index in [1.54, 1.807) is 5.06 Å². The molecule has 0 saturated carbocycles. The number of benzene rings is 1. The summed E-state index contributed by atoms with van der Waals surface area (Å²) in [5.41, 5.74) is 2.38. The molecule has 0 aromatic heterocycles. The smallest absolute Gasteiger partial charge is 0.326 e. The van der Waals surface area contributed by atoms with Gasteiger partial charge in [0, 0.05) is 5.92 Å². The van der Waals surface area contributed by atoms with E-state index < -0.39 is 0 Å². The number of fused-ring (bicyclic) bond motifs is 1. The Morgan fingerprint density at radius 1 is 1.29 bits per heavy atom. The van der Waals surface area contributed by atoms with Crippen molar-refractivity contribution in [3.05, 3.63) is 35.4 Å². The van der Waals surface area contributed by atoms with Gasteiger partial charge in [-0.05, 0) is 12.5 Å². The standard InChI is InChI=1S/C13H15NO3/c1-9-2-4-10(5-3-9)6-14-12-11(8-17-14)7-16-13(12)15/h2-5,11-12H,6-8H2,1H3. The normalized spacial score (nSPS) is 28.2. The zero-order chi connectivity index (χ0) is 11.8. The van der Waals surface area contributed by atoms with Gasteiger partial charge in [-0.15, -0.1) is 0 Å². The maximum absolute atomic E-state index is 11.6. The Bertz CT molecular complexity index is 429. The van der Waals surface area contributed by atoms with Gasteiger partial charge in [-0.2, -0.15) is 5.06 Å². The van der Waals surface area contributed by atoms with E-state index in [4.69, 9.17) is 9.57 Å². The quantitative estimate of drug-likeness (QED) is 0.721. The highest BCUT2D eigenvalue weighted by atomic mass is 16.7. The minimum absolute atomic E-state index is 0.153. The minimum atomic E-state index is -0.212. The van der Waals surface area contributed by atoms with E-state index in [0.29, 0.717) is 19.8 Å². The molecule has 0 bridgehead atoms. The van der Waals surface area contributed by atoms with Gasteiger partial charge in [-0.1, -0.05) is 29.8 Å². The molecule has 2 aliphatic heterocycles. The molecular weight excluding hydrogens is 218 g/mol. The van der Waals surface area contributed by atoms with E-state index in [1.807, 2.05) is 0 Å². The van der Waals surface area contributed by atoms with Gasteiger partial charge in [-0.3, -0.25) is 9.63 Å². The molecule has 1 aromatic carbocycles. The molecule has 0 aliphatic carbocycles. The number of aryl methyl sites for hydroxylation is 1. The summed E-state index contributed by atoms with van der Waals surface area (Å²) in [5.74, 6) is 0.0487. The SMILES string of the molecule is Cc1ccc(CN2OCC3COC(=O)C32)cc1. The number of carbonyl (C=O) groups excluding carboxylic acids is 1. The van der Waals surface area contributed by atoms with Gasteiger partial charge >= 0.3 is 5.97 Å². The van der Waals surface area contributed by atoms with Gasteiger partial charge in [0.1, 0.15) is 6.04 Å². The molecule has 1 aromatic rings. The van der Waals surface area contributed by atoms with Crippen molar-refractivity contribution in [2.45, 2.75) is 19.5 Å². The largest absolute Gasteiger partial charge is 0.464 e. The van der Waals surface area contributed by atoms with Crippen LogP contribution < -0.4 is 0 Å². The number of hydrogen-bond acceptors (Lipinski definition) is 4. The van der Waals surface area contributed by atoms with E-state index in [0.717, 1.165) is 5.56 Å². The highest BCUT2D eigenvalue weighted by Crippen LogP contribution is 2.29. The van der Waals surface area contributed by atoms with Crippen molar-refractivity contribution in [2.24, 2.45) is 5.92 Å². The maximum atomic E-state index is 11.6. The van der Waals surface area contributed by atoms with Crippen molar-refractivity contribution in [1.82, 2.24) is 5.06 Å². The summed E-state index contributed by atoms with van der Waals surface area (Å²) in [6.07, 6.45) is 0. The molecule has 4 heteroatoms. The third-order valence-electron chi connectivity index (χ3n) is 3.35. The van der Waals surface area contributed by atoms with Crippen LogP contribution in [0.4, 0.5) is 0 Å². The van der Waals surface area contributed by atoms with Gasteiger partial charge in [-0.25, -0.2) is 0 Å². The molecule has 2 atom stereocenters. The Balaban J connectivity index is 1.73. The molecule has 0 radical (unpaired) electrons. The molecular formula is C13H15NO3. The monoisotopic (exact) mass is 233 g/mol. The fourth-order valence-corrected chi connectivity index (χ4v) is 2.34. The molecule has 2 aliphatic rings. The topological polar surface area (TPSA) is 38.8 Å². The van der Waals surface area contributed by atoms with Gasteiger partial charge in [0.25, 0.3) is 0 Å². The maximum Gasteiger partial charge on any atom is 0.326 e. The fraction of sp³-hybridized carbons (Fsp3) is 0.462. The first-order valence-electron chi connectivity index (χ1n) is 5.86. The Hall–Kier alpha value is -1.39. The zero-order valence-corrected chi connectivity index (χ0v) is 9.76. The first kappa shape index (κ1) is 10.7. The number of carbonyl (C=O) groups is 1. The summed E-state index contributed by atoms with van der Waals surface area (Å²) >= 11 is 0. The number of esters is 1. The van der Waals surface area contributed by atoms with Crippen molar-refractivity contribution in [1.29, 1.82) is 0 Å². The summed E-state index contributed by atoms with van der Waals surface area (Å²) in [6, 6.07) is 8.04. The average Bonchev–Trinajstić information content (AvgIpc) is 2.87. The van der Waals surface area contributed by atoms with E-state index in [2.05, 4.69) is 31.2 Å². The summed E-state index contributed by atoms with van der Waals surface area (Å²) in [4.78, 5) is 17.1. The molecule has 0 amide bonds. The molecule has 90 valence electrons. The Labute approximate surface area is 100 Å². The van der Waals surface area contributed by atoms with E-state index in [1.165, 1.54) is 5.56 Å². The molecule has 17 heavy (non-hydrogen) atoms. The van der Waals surface area contributed by atoms with Crippen LogP contribution in [-0.2, 0) is 20.9 Å². The Kier molecular flexibility index (Phi) is 2.61. The highest BCUT2D eigenvalue weighted by molar-refractivity contribution is 5.78. The average molecular weight is 233 g/mol. The summed E-state index contributed by atoms with van der Waals surface area (Å²) in [5, 5.41) is 1.75. The molecule has 2 unspecified atom stereocenters. The van der Waals surface area contributed by atoms with Crippen molar-refractivity contribution < 1.29 is 14.4 Å². The molecule has 0 spiro atoms. The molecule has 2 heterocycles. The summed E-state index contributed by atoms with van der Waals surface area (Å²) < 4.78 is 5.05. The minimum Gasteiger partial charge on any atom is -0.464 e. The lowest BCUT2D eigenvalue weighted by atomic mass is 10.1. The van der Waals surface area contributed by atoms with Crippen LogP contribution in [0.15, 0.2) is 24.3 Å². The third kappa shape index (κ3) is 1.94. The van der Waals surface area contributed by atoms with E-state index >= 15 is 0 Å². The van der Waals surface area contributed by atoms with Gasteiger partial charge < -0.3 is 4.74 Å². The van der Waals surface area contributed by atoms with Gasteiger partial charge in [0.2, 0.25) is 0 Å². The number of ether oxygens (including phenoxy) is 1. The molecule has 3 rings (SSSR count). The van der Waals surface area contributed by atoms with Gasteiger partial charge in [0.05, 0.1) is 19.8 Å². The Morgan fingerprint density at radius 2 is 2.06 bits per heavy atom. The predicted octanol–water partition coefficient (Wildman–Crippen LogP) is 1.28. The first-order valence-corrected chi connectivity index (χ1v) is 5.86. The second-order valence-corrected chi connectivity index (χ2v) is 4.69. The van der Waals surface area contributed by atoms with Crippen molar-refractivity contribution in [2.75, 3.05) is 13.2 Å². The summed E-state index contributed by atoms with van der Waals surface area (Å²) in [6.45, 7) is 3.77. The molecule has 2 saturated heterocycles. The molecule has 2 fully saturated rings. The lowest BCUT2D eigenvalue weighted by molar-refractivity contribution is -0.170. The van der Waals surface area contributed by atoms with Crippen LogP contribution in [0, 0.1) is 12.8 Å². The molecule has 4 nitrogen and oxygen atoms in total.